The van der Waals surface area contributed by atoms with Crippen molar-refractivity contribution in [3.63, 3.8) is 0 Å². The molecule has 2 unspecified atom stereocenters. The Morgan fingerprint density at radius 1 is 1.31 bits per heavy atom. The first-order chi connectivity index (χ1) is 12.7. The summed E-state index contributed by atoms with van der Waals surface area (Å²) in [6.45, 7) is 2.77. The number of hydrogen-bond acceptors (Lipinski definition) is 4. The van der Waals surface area contributed by atoms with Crippen LogP contribution in [0.4, 0.5) is 0 Å². The summed E-state index contributed by atoms with van der Waals surface area (Å²) >= 11 is 0. The van der Waals surface area contributed by atoms with E-state index in [1.54, 1.807) is 6.92 Å². The molecule has 1 aromatic carbocycles. The van der Waals surface area contributed by atoms with Crippen LogP contribution in [0, 0.1) is 5.92 Å². The van der Waals surface area contributed by atoms with Gasteiger partial charge >= 0.3 is 5.97 Å². The molecule has 0 saturated heterocycles. The normalized spacial score (nSPS) is 16.7. The van der Waals surface area contributed by atoms with E-state index in [0.717, 1.165) is 23.4 Å². The predicted molar refractivity (Wildman–Crippen MR) is 99.2 cm³/mol. The number of fused-ring (bicyclic) bond motifs is 1. The van der Waals surface area contributed by atoms with Gasteiger partial charge in [0.2, 0.25) is 0 Å². The number of aliphatic carboxylic acids is 1. The minimum Gasteiger partial charge on any atom is -0.493 e. The summed E-state index contributed by atoms with van der Waals surface area (Å²) in [6.07, 6.45) is 6.46. The average Bonchev–Trinajstić information content (AvgIpc) is 2.67. The Hall–Kier alpha value is -2.66. The Morgan fingerprint density at radius 2 is 2.12 bits per heavy atom. The molecule has 1 N–H and O–H groups in total. The van der Waals surface area contributed by atoms with Gasteiger partial charge in [0.15, 0.2) is 6.10 Å². The number of rotatable bonds is 8. The lowest BCUT2D eigenvalue weighted by atomic mass is 9.93. The zero-order valence-corrected chi connectivity index (χ0v) is 14.8. The highest BCUT2D eigenvalue weighted by atomic mass is 16.5. The third kappa shape index (κ3) is 4.70. The fraction of sp³-hybridized carbons (Fsp3) is 0.333. The van der Waals surface area contributed by atoms with Gasteiger partial charge in [-0.05, 0) is 48.7 Å². The van der Waals surface area contributed by atoms with Gasteiger partial charge in [0.25, 0.3) is 0 Å². The number of benzene rings is 1. The maximum absolute atomic E-state index is 11.2. The van der Waals surface area contributed by atoms with Crippen molar-refractivity contribution < 1.29 is 19.4 Å². The lowest BCUT2D eigenvalue weighted by molar-refractivity contribution is -0.149. The Kier molecular flexibility index (Phi) is 6.02. The Bertz CT molecular complexity index is 770. The molecule has 0 spiro atoms. The zero-order valence-electron chi connectivity index (χ0n) is 14.8. The van der Waals surface area contributed by atoms with Crippen molar-refractivity contribution in [2.24, 2.45) is 5.92 Å². The fourth-order valence-corrected chi connectivity index (χ4v) is 3.02. The summed E-state index contributed by atoms with van der Waals surface area (Å²) in [7, 11) is 0. The van der Waals surface area contributed by atoms with Gasteiger partial charge in [-0.1, -0.05) is 24.3 Å². The SMILES string of the molecule is CCOC(Cc1ccc(OCC2C=Cc3ncccc3C2)cc1)C(=O)O. The molecular weight excluding hydrogens is 330 g/mol. The molecular formula is C21H23NO4. The van der Waals surface area contributed by atoms with Crippen molar-refractivity contribution in [1.29, 1.82) is 0 Å². The van der Waals surface area contributed by atoms with Crippen molar-refractivity contribution in [2.75, 3.05) is 13.2 Å². The largest absolute Gasteiger partial charge is 0.493 e. The molecule has 26 heavy (non-hydrogen) atoms. The molecule has 1 aliphatic carbocycles. The van der Waals surface area contributed by atoms with Gasteiger partial charge in [-0.2, -0.15) is 0 Å². The van der Waals surface area contributed by atoms with Crippen LogP contribution in [-0.4, -0.2) is 35.4 Å². The lowest BCUT2D eigenvalue weighted by Crippen LogP contribution is -2.26. The molecule has 1 heterocycles. The van der Waals surface area contributed by atoms with Gasteiger partial charge in [-0.3, -0.25) is 4.98 Å². The molecule has 0 radical (unpaired) electrons. The third-order valence-corrected chi connectivity index (χ3v) is 4.39. The minimum atomic E-state index is -0.939. The van der Waals surface area contributed by atoms with E-state index in [4.69, 9.17) is 14.6 Å². The molecule has 0 aliphatic heterocycles. The summed E-state index contributed by atoms with van der Waals surface area (Å²) < 4.78 is 11.1. The van der Waals surface area contributed by atoms with Gasteiger partial charge in [-0.25, -0.2) is 4.79 Å². The van der Waals surface area contributed by atoms with Crippen LogP contribution < -0.4 is 4.74 Å². The van der Waals surface area contributed by atoms with Crippen LogP contribution in [0.1, 0.15) is 23.7 Å². The van der Waals surface area contributed by atoms with Crippen LogP contribution >= 0.6 is 0 Å². The van der Waals surface area contributed by atoms with Crippen molar-refractivity contribution in [1.82, 2.24) is 4.98 Å². The smallest absolute Gasteiger partial charge is 0.333 e. The van der Waals surface area contributed by atoms with Crippen molar-refractivity contribution in [2.45, 2.75) is 25.9 Å². The Labute approximate surface area is 153 Å². The molecule has 1 aliphatic rings. The summed E-state index contributed by atoms with van der Waals surface area (Å²) in [4.78, 5) is 15.5. The number of ether oxygens (including phenoxy) is 2. The molecule has 2 aromatic rings. The van der Waals surface area contributed by atoms with Gasteiger partial charge in [-0.15, -0.1) is 0 Å². The van der Waals surface area contributed by atoms with E-state index in [1.165, 1.54) is 5.56 Å². The summed E-state index contributed by atoms with van der Waals surface area (Å²) in [6, 6.07) is 11.6. The second kappa shape index (κ2) is 8.63. The fourth-order valence-electron chi connectivity index (χ4n) is 3.02. The predicted octanol–water partition coefficient (Wildman–Crippen LogP) is 3.38. The molecule has 5 heteroatoms. The maximum atomic E-state index is 11.2. The van der Waals surface area contributed by atoms with E-state index in [0.29, 0.717) is 25.6 Å². The third-order valence-electron chi connectivity index (χ3n) is 4.39. The lowest BCUT2D eigenvalue weighted by Gasteiger charge is -2.19. The molecule has 1 aromatic heterocycles. The van der Waals surface area contributed by atoms with E-state index in [9.17, 15) is 4.79 Å². The van der Waals surface area contributed by atoms with E-state index in [2.05, 4.69) is 23.2 Å². The first-order valence-electron chi connectivity index (χ1n) is 8.84. The summed E-state index contributed by atoms with van der Waals surface area (Å²) in [5.41, 5.74) is 3.20. The van der Waals surface area contributed by atoms with E-state index >= 15 is 0 Å². The molecule has 5 nitrogen and oxygen atoms in total. The Balaban J connectivity index is 1.53. The molecule has 3 rings (SSSR count). The van der Waals surface area contributed by atoms with Crippen LogP contribution in [0.15, 0.2) is 48.7 Å². The number of pyridine rings is 1. The van der Waals surface area contributed by atoms with E-state index in [-0.39, 0.29) is 0 Å². The van der Waals surface area contributed by atoms with Crippen LogP contribution in [0.2, 0.25) is 0 Å². The van der Waals surface area contributed by atoms with Crippen molar-refractivity contribution in [3.05, 3.63) is 65.5 Å². The molecule has 0 fully saturated rings. The molecule has 2 atom stereocenters. The van der Waals surface area contributed by atoms with E-state index in [1.807, 2.05) is 36.5 Å². The number of hydrogen-bond donors (Lipinski definition) is 1. The Morgan fingerprint density at radius 3 is 2.85 bits per heavy atom. The van der Waals surface area contributed by atoms with Gasteiger partial charge in [0.1, 0.15) is 5.75 Å². The second-order valence-electron chi connectivity index (χ2n) is 6.31. The highest BCUT2D eigenvalue weighted by molar-refractivity contribution is 5.72. The quantitative estimate of drug-likeness (QED) is 0.788. The van der Waals surface area contributed by atoms with Gasteiger partial charge in [0, 0.05) is 25.1 Å². The van der Waals surface area contributed by atoms with E-state index < -0.39 is 12.1 Å². The zero-order chi connectivity index (χ0) is 18.4. The standard InChI is InChI=1S/C21H23NO4/c1-2-25-20(21(23)24)13-15-5-8-18(9-6-15)26-14-16-7-10-19-17(12-16)4-3-11-22-19/h3-11,16,20H,2,12-14H2,1H3,(H,23,24). The summed E-state index contributed by atoms with van der Waals surface area (Å²) in [5, 5.41) is 9.16. The molecule has 0 bridgehead atoms. The van der Waals surface area contributed by atoms with Crippen molar-refractivity contribution >= 4 is 12.0 Å². The number of carboxylic acid groups (broad SMARTS) is 1. The first-order valence-corrected chi connectivity index (χ1v) is 8.84. The number of nitrogens with zero attached hydrogens (tertiary/aromatic N) is 1. The summed E-state index contributed by atoms with van der Waals surface area (Å²) in [5.74, 6) is 0.161. The molecule has 136 valence electrons. The molecule has 0 saturated carbocycles. The van der Waals surface area contributed by atoms with Crippen LogP contribution in [0.5, 0.6) is 5.75 Å². The maximum Gasteiger partial charge on any atom is 0.333 e. The monoisotopic (exact) mass is 353 g/mol. The van der Waals surface area contributed by atoms with Gasteiger partial charge in [0.05, 0.1) is 12.3 Å². The number of carboxylic acids is 1. The van der Waals surface area contributed by atoms with Crippen LogP contribution in [0.3, 0.4) is 0 Å². The van der Waals surface area contributed by atoms with Crippen LogP contribution in [0.25, 0.3) is 6.08 Å². The van der Waals surface area contributed by atoms with Gasteiger partial charge < -0.3 is 14.6 Å². The van der Waals surface area contributed by atoms with Crippen molar-refractivity contribution in [3.8, 4) is 5.75 Å². The minimum absolute atomic E-state index is 0.320. The average molecular weight is 353 g/mol. The highest BCUT2D eigenvalue weighted by Gasteiger charge is 2.18. The second-order valence-corrected chi connectivity index (χ2v) is 6.31. The number of carbonyl (C=O) groups is 1. The highest BCUT2D eigenvalue weighted by Crippen LogP contribution is 2.22. The molecule has 0 amide bonds. The van der Waals surface area contributed by atoms with Crippen LogP contribution in [-0.2, 0) is 22.4 Å². The topological polar surface area (TPSA) is 68.7 Å². The number of aromatic nitrogens is 1. The first kappa shape index (κ1) is 18.1.